The molecule has 45 valence electrons. The molecule has 1 saturated carbocycles. The van der Waals surface area contributed by atoms with Crippen LogP contribution in [0.1, 0.15) is 12.8 Å². The molecule has 1 aliphatic rings. The average Bonchev–Trinajstić information content (AvgIpc) is 2.41. The standard InChI is InChI=1S/C6H10NO/c1-5(8)7-4-6-2-3-6/h6H,1-4H2,(H,7,8). The number of hydrogen-bond donors (Lipinski definition) is 1. The molecule has 1 N–H and O–H groups in total. The zero-order valence-corrected chi connectivity index (χ0v) is 4.81. The van der Waals surface area contributed by atoms with Crippen LogP contribution in [0, 0.1) is 12.8 Å². The Morgan fingerprint density at radius 2 is 2.38 bits per heavy atom. The van der Waals surface area contributed by atoms with Gasteiger partial charge in [0.2, 0.25) is 5.91 Å². The van der Waals surface area contributed by atoms with E-state index in [1.54, 1.807) is 0 Å². The normalized spacial score (nSPS) is 18.1. The molecular weight excluding hydrogens is 102 g/mol. The van der Waals surface area contributed by atoms with Crippen LogP contribution in [0.15, 0.2) is 0 Å². The van der Waals surface area contributed by atoms with Crippen LogP contribution >= 0.6 is 0 Å². The van der Waals surface area contributed by atoms with E-state index in [1.165, 1.54) is 12.8 Å². The lowest BCUT2D eigenvalue weighted by Crippen LogP contribution is -2.22. The van der Waals surface area contributed by atoms with Crippen molar-refractivity contribution in [3.8, 4) is 0 Å². The lowest BCUT2D eigenvalue weighted by atomic mass is 10.4. The highest BCUT2D eigenvalue weighted by atomic mass is 16.1. The van der Waals surface area contributed by atoms with E-state index in [4.69, 9.17) is 0 Å². The molecule has 8 heavy (non-hydrogen) atoms. The third kappa shape index (κ3) is 1.96. The van der Waals surface area contributed by atoms with Gasteiger partial charge in [-0.3, -0.25) is 4.79 Å². The third-order valence-electron chi connectivity index (χ3n) is 1.28. The number of nitrogens with one attached hydrogen (secondary N) is 1. The summed E-state index contributed by atoms with van der Waals surface area (Å²) >= 11 is 0. The Balaban J connectivity index is 1.95. The maximum atomic E-state index is 10.2. The largest absolute Gasteiger partial charge is 0.356 e. The van der Waals surface area contributed by atoms with Gasteiger partial charge in [0, 0.05) is 13.5 Å². The van der Waals surface area contributed by atoms with E-state index in [0.717, 1.165) is 12.5 Å². The van der Waals surface area contributed by atoms with Gasteiger partial charge in [0.05, 0.1) is 0 Å². The van der Waals surface area contributed by atoms with Crippen molar-refractivity contribution in [2.75, 3.05) is 6.54 Å². The van der Waals surface area contributed by atoms with Crippen LogP contribution < -0.4 is 5.32 Å². The lowest BCUT2D eigenvalue weighted by molar-refractivity contribution is -0.116. The summed E-state index contributed by atoms with van der Waals surface area (Å²) in [6, 6.07) is 0. The SMILES string of the molecule is [CH2]C(=O)NCC1CC1. The molecule has 0 aromatic carbocycles. The van der Waals surface area contributed by atoms with E-state index in [0.29, 0.717) is 0 Å². The van der Waals surface area contributed by atoms with E-state index < -0.39 is 0 Å². The zero-order chi connectivity index (χ0) is 5.98. The first-order chi connectivity index (χ1) is 3.79. The van der Waals surface area contributed by atoms with Gasteiger partial charge in [-0.2, -0.15) is 0 Å². The molecule has 1 radical (unpaired) electrons. The summed E-state index contributed by atoms with van der Waals surface area (Å²) in [5.74, 6) is 0.609. The molecule has 0 aliphatic heterocycles. The van der Waals surface area contributed by atoms with Crippen LogP contribution in [0.25, 0.3) is 0 Å². The summed E-state index contributed by atoms with van der Waals surface area (Å²) in [6.45, 7) is 4.02. The molecule has 2 heteroatoms. The molecule has 0 atom stereocenters. The van der Waals surface area contributed by atoms with E-state index >= 15 is 0 Å². The van der Waals surface area contributed by atoms with Crippen LogP contribution in [-0.2, 0) is 4.79 Å². The van der Waals surface area contributed by atoms with Crippen molar-refractivity contribution >= 4 is 5.91 Å². The molecule has 0 saturated heterocycles. The maximum Gasteiger partial charge on any atom is 0.220 e. The van der Waals surface area contributed by atoms with Crippen LogP contribution in [0.2, 0.25) is 0 Å². The van der Waals surface area contributed by atoms with Crippen molar-refractivity contribution in [2.45, 2.75) is 12.8 Å². The van der Waals surface area contributed by atoms with Gasteiger partial charge >= 0.3 is 0 Å². The Bertz CT molecular complexity index is 96.7. The zero-order valence-electron chi connectivity index (χ0n) is 4.81. The second-order valence-electron chi connectivity index (χ2n) is 2.25. The third-order valence-corrected chi connectivity index (χ3v) is 1.28. The van der Waals surface area contributed by atoms with Gasteiger partial charge < -0.3 is 5.32 Å². The molecule has 1 amide bonds. The van der Waals surface area contributed by atoms with Gasteiger partial charge in [0.25, 0.3) is 0 Å². The molecule has 1 rings (SSSR count). The van der Waals surface area contributed by atoms with E-state index in [1.807, 2.05) is 0 Å². The van der Waals surface area contributed by atoms with E-state index in [9.17, 15) is 4.79 Å². The molecule has 0 heterocycles. The smallest absolute Gasteiger partial charge is 0.220 e. The van der Waals surface area contributed by atoms with Gasteiger partial charge in [-0.1, -0.05) is 0 Å². The molecule has 0 aromatic heterocycles. The van der Waals surface area contributed by atoms with E-state index in [2.05, 4.69) is 12.2 Å². The van der Waals surface area contributed by atoms with Crippen molar-refractivity contribution in [1.29, 1.82) is 0 Å². The predicted octanol–water partition coefficient (Wildman–Crippen LogP) is 0.347. The summed E-state index contributed by atoms with van der Waals surface area (Å²) in [7, 11) is 0. The second-order valence-corrected chi connectivity index (χ2v) is 2.25. The topological polar surface area (TPSA) is 29.1 Å². The highest BCUT2D eigenvalue weighted by molar-refractivity contribution is 5.79. The van der Waals surface area contributed by atoms with Crippen LogP contribution in [0.5, 0.6) is 0 Å². The van der Waals surface area contributed by atoms with Gasteiger partial charge in [-0.25, -0.2) is 0 Å². The quantitative estimate of drug-likeness (QED) is 0.548. The van der Waals surface area contributed by atoms with Crippen molar-refractivity contribution in [2.24, 2.45) is 5.92 Å². The highest BCUT2D eigenvalue weighted by Gasteiger charge is 2.20. The Hall–Kier alpha value is -0.530. The maximum absolute atomic E-state index is 10.2. The van der Waals surface area contributed by atoms with E-state index in [-0.39, 0.29) is 5.91 Å². The molecule has 0 aromatic rings. The summed E-state index contributed by atoms with van der Waals surface area (Å²) < 4.78 is 0. The summed E-state index contributed by atoms with van der Waals surface area (Å²) in [5.41, 5.74) is 0. The molecule has 0 bridgehead atoms. The Morgan fingerprint density at radius 1 is 1.75 bits per heavy atom. The molecule has 0 unspecified atom stereocenters. The van der Waals surface area contributed by atoms with Crippen molar-refractivity contribution in [3.05, 3.63) is 6.92 Å². The minimum absolute atomic E-state index is 0.156. The number of carbonyl (C=O) groups excluding carboxylic acids is 1. The number of rotatable bonds is 2. The van der Waals surface area contributed by atoms with Gasteiger partial charge in [-0.05, 0) is 18.8 Å². The molecule has 1 aliphatic carbocycles. The Labute approximate surface area is 49.3 Å². The lowest BCUT2D eigenvalue weighted by Gasteiger charge is -1.95. The van der Waals surface area contributed by atoms with Crippen molar-refractivity contribution in [1.82, 2.24) is 5.32 Å². The Kier molecular flexibility index (Phi) is 1.51. The second kappa shape index (κ2) is 2.16. The number of carbonyl (C=O) groups is 1. The van der Waals surface area contributed by atoms with Crippen LogP contribution in [-0.4, -0.2) is 12.5 Å². The monoisotopic (exact) mass is 112 g/mol. The first kappa shape index (κ1) is 5.60. The highest BCUT2D eigenvalue weighted by Crippen LogP contribution is 2.27. The number of amides is 1. The van der Waals surface area contributed by atoms with Gasteiger partial charge in [-0.15, -0.1) is 0 Å². The average molecular weight is 112 g/mol. The van der Waals surface area contributed by atoms with Crippen LogP contribution in [0.4, 0.5) is 0 Å². The minimum Gasteiger partial charge on any atom is -0.356 e. The van der Waals surface area contributed by atoms with Gasteiger partial charge in [0.1, 0.15) is 0 Å². The van der Waals surface area contributed by atoms with Crippen molar-refractivity contribution in [3.63, 3.8) is 0 Å². The molecule has 2 nitrogen and oxygen atoms in total. The molecule has 0 spiro atoms. The van der Waals surface area contributed by atoms with Crippen LogP contribution in [0.3, 0.4) is 0 Å². The predicted molar refractivity (Wildman–Crippen MR) is 31.1 cm³/mol. The first-order valence-electron chi connectivity index (χ1n) is 2.89. The van der Waals surface area contributed by atoms with Crippen molar-refractivity contribution < 1.29 is 4.79 Å². The molecular formula is C6H10NO. The Morgan fingerprint density at radius 3 is 2.75 bits per heavy atom. The summed E-state index contributed by atoms with van der Waals surface area (Å²) in [5, 5.41) is 2.66. The fourth-order valence-corrected chi connectivity index (χ4v) is 0.580. The summed E-state index contributed by atoms with van der Waals surface area (Å²) in [6.07, 6.45) is 2.56. The number of hydrogen-bond acceptors (Lipinski definition) is 1. The summed E-state index contributed by atoms with van der Waals surface area (Å²) in [4.78, 5) is 10.2. The minimum atomic E-state index is -0.156. The first-order valence-corrected chi connectivity index (χ1v) is 2.89. The fourth-order valence-electron chi connectivity index (χ4n) is 0.580. The molecule has 1 fully saturated rings. The van der Waals surface area contributed by atoms with Gasteiger partial charge in [0.15, 0.2) is 0 Å². The fraction of sp³-hybridized carbons (Fsp3) is 0.667.